The van der Waals surface area contributed by atoms with Gasteiger partial charge in [-0.3, -0.25) is 9.48 Å². The number of amides is 1. The summed E-state index contributed by atoms with van der Waals surface area (Å²) < 4.78 is 55.1. The third kappa shape index (κ3) is 3.37. The van der Waals surface area contributed by atoms with Crippen LogP contribution in [0.4, 0.5) is 23.4 Å². The lowest BCUT2D eigenvalue weighted by Crippen LogP contribution is -2.20. The van der Waals surface area contributed by atoms with Crippen molar-refractivity contribution < 1.29 is 22.4 Å². The van der Waals surface area contributed by atoms with E-state index in [1.807, 2.05) is 0 Å². The summed E-state index contributed by atoms with van der Waals surface area (Å²) in [5.41, 5.74) is -1.39. The number of alkyl halides is 4. The maximum Gasteiger partial charge on any atom is 0.280 e. The molecule has 3 rings (SSSR count). The Morgan fingerprint density at radius 1 is 1.23 bits per heavy atom. The standard InChI is InChI=1S/C15H14F4N6O/c1-7-12-8(13(16)17)5-9(14(18)19)20-15(12)25(22-7)6-11(26)21-10-3-4-24(2)23-10/h3-5,13-14H,6H2,1-2H3,(H,21,23,26). The van der Waals surface area contributed by atoms with Crippen LogP contribution in [0, 0.1) is 6.92 Å². The average Bonchev–Trinajstić information content (AvgIpc) is 3.10. The maximum absolute atomic E-state index is 13.3. The summed E-state index contributed by atoms with van der Waals surface area (Å²) in [5, 5.41) is 10.5. The number of nitrogens with zero attached hydrogens (tertiary/aromatic N) is 5. The first-order valence-electron chi connectivity index (χ1n) is 7.50. The highest BCUT2D eigenvalue weighted by Gasteiger charge is 2.24. The van der Waals surface area contributed by atoms with Gasteiger partial charge in [0.15, 0.2) is 11.5 Å². The Bertz CT molecular complexity index is 965. The molecule has 0 aliphatic rings. The summed E-state index contributed by atoms with van der Waals surface area (Å²) in [6.45, 7) is 1.06. The van der Waals surface area contributed by atoms with E-state index in [0.29, 0.717) is 11.9 Å². The summed E-state index contributed by atoms with van der Waals surface area (Å²) in [4.78, 5) is 15.9. The molecule has 0 fully saturated rings. The summed E-state index contributed by atoms with van der Waals surface area (Å²) >= 11 is 0. The minimum absolute atomic E-state index is 0.0324. The molecule has 3 heterocycles. The highest BCUT2D eigenvalue weighted by atomic mass is 19.3. The summed E-state index contributed by atoms with van der Waals surface area (Å²) in [7, 11) is 1.67. The molecule has 0 unspecified atom stereocenters. The lowest BCUT2D eigenvalue weighted by atomic mass is 10.1. The molecule has 0 bridgehead atoms. The molecule has 0 aromatic carbocycles. The van der Waals surface area contributed by atoms with Crippen molar-refractivity contribution in [1.29, 1.82) is 0 Å². The zero-order chi connectivity index (χ0) is 19.0. The number of pyridine rings is 1. The van der Waals surface area contributed by atoms with E-state index >= 15 is 0 Å². The number of aryl methyl sites for hydroxylation is 2. The molecule has 1 N–H and O–H groups in total. The van der Waals surface area contributed by atoms with Crippen molar-refractivity contribution >= 4 is 22.8 Å². The second kappa shape index (κ2) is 6.73. The predicted molar refractivity (Wildman–Crippen MR) is 84.0 cm³/mol. The molecule has 0 saturated carbocycles. The van der Waals surface area contributed by atoms with Gasteiger partial charge < -0.3 is 5.32 Å². The van der Waals surface area contributed by atoms with Gasteiger partial charge in [0.1, 0.15) is 12.2 Å². The molecule has 0 aliphatic heterocycles. The number of aromatic nitrogens is 5. The van der Waals surface area contributed by atoms with E-state index in [1.54, 1.807) is 19.3 Å². The van der Waals surface area contributed by atoms with E-state index < -0.39 is 30.0 Å². The van der Waals surface area contributed by atoms with Crippen LogP contribution in [0.25, 0.3) is 11.0 Å². The normalized spacial score (nSPS) is 11.7. The van der Waals surface area contributed by atoms with Crippen LogP contribution in [0.2, 0.25) is 0 Å². The smallest absolute Gasteiger partial charge is 0.280 e. The minimum atomic E-state index is -3.03. The van der Waals surface area contributed by atoms with Gasteiger partial charge in [0.05, 0.1) is 11.1 Å². The van der Waals surface area contributed by atoms with Crippen LogP contribution >= 0.6 is 0 Å². The molecule has 138 valence electrons. The summed E-state index contributed by atoms with van der Waals surface area (Å²) in [6.07, 6.45) is -4.38. The van der Waals surface area contributed by atoms with Gasteiger partial charge in [-0.2, -0.15) is 10.2 Å². The summed E-state index contributed by atoms with van der Waals surface area (Å²) in [5.74, 6) is -0.254. The number of anilines is 1. The second-order valence-electron chi connectivity index (χ2n) is 5.60. The average molecular weight is 370 g/mol. The van der Waals surface area contributed by atoms with Crippen molar-refractivity contribution in [2.45, 2.75) is 26.3 Å². The molecule has 0 saturated heterocycles. The topological polar surface area (TPSA) is 77.6 Å². The zero-order valence-electron chi connectivity index (χ0n) is 13.8. The highest BCUT2D eigenvalue weighted by Crippen LogP contribution is 2.32. The number of carbonyl (C=O) groups is 1. The van der Waals surface area contributed by atoms with Gasteiger partial charge in [0.25, 0.3) is 12.9 Å². The fourth-order valence-electron chi connectivity index (χ4n) is 2.60. The quantitative estimate of drug-likeness (QED) is 0.701. The van der Waals surface area contributed by atoms with Gasteiger partial charge in [-0.05, 0) is 13.0 Å². The Hall–Kier alpha value is -2.98. The zero-order valence-corrected chi connectivity index (χ0v) is 13.8. The van der Waals surface area contributed by atoms with Crippen LogP contribution in [0.5, 0.6) is 0 Å². The fraction of sp³-hybridized carbons (Fsp3) is 0.333. The third-order valence-corrected chi connectivity index (χ3v) is 3.66. The van der Waals surface area contributed by atoms with E-state index in [1.165, 1.54) is 11.6 Å². The molecule has 11 heteroatoms. The van der Waals surface area contributed by atoms with Crippen molar-refractivity contribution in [2.24, 2.45) is 7.05 Å². The third-order valence-electron chi connectivity index (χ3n) is 3.66. The largest absolute Gasteiger partial charge is 0.308 e. The van der Waals surface area contributed by atoms with Crippen LogP contribution in [0.3, 0.4) is 0 Å². The van der Waals surface area contributed by atoms with E-state index in [0.717, 1.165) is 4.68 Å². The molecule has 26 heavy (non-hydrogen) atoms. The van der Waals surface area contributed by atoms with Crippen LogP contribution in [0.15, 0.2) is 18.3 Å². The second-order valence-corrected chi connectivity index (χ2v) is 5.60. The molecule has 3 aromatic rings. The van der Waals surface area contributed by atoms with E-state index in [9.17, 15) is 22.4 Å². The Balaban J connectivity index is 1.99. The van der Waals surface area contributed by atoms with Crippen LogP contribution in [-0.4, -0.2) is 30.5 Å². The molecule has 3 aromatic heterocycles. The number of halogens is 4. The lowest BCUT2D eigenvalue weighted by Gasteiger charge is -2.08. The van der Waals surface area contributed by atoms with E-state index in [4.69, 9.17) is 0 Å². The SMILES string of the molecule is Cc1nn(CC(=O)Nc2ccn(C)n2)c2nc(C(F)F)cc(C(F)F)c12. The number of nitrogens with one attached hydrogen (secondary N) is 1. The van der Waals surface area contributed by atoms with Crippen LogP contribution < -0.4 is 5.32 Å². The maximum atomic E-state index is 13.3. The van der Waals surface area contributed by atoms with Gasteiger partial charge in [-0.15, -0.1) is 0 Å². The molecule has 1 amide bonds. The molecular weight excluding hydrogens is 356 g/mol. The van der Waals surface area contributed by atoms with Crippen molar-refractivity contribution in [3.63, 3.8) is 0 Å². The first-order chi connectivity index (χ1) is 12.3. The minimum Gasteiger partial charge on any atom is -0.308 e. The number of hydrogen-bond acceptors (Lipinski definition) is 4. The Morgan fingerprint density at radius 3 is 2.54 bits per heavy atom. The van der Waals surface area contributed by atoms with Gasteiger partial charge in [0.2, 0.25) is 5.91 Å². The van der Waals surface area contributed by atoms with Crippen LogP contribution in [0.1, 0.15) is 29.8 Å². The Morgan fingerprint density at radius 2 is 1.96 bits per heavy atom. The molecular formula is C15H14F4N6O. The highest BCUT2D eigenvalue weighted by molar-refractivity contribution is 5.91. The first-order valence-corrected chi connectivity index (χ1v) is 7.50. The molecule has 0 spiro atoms. The summed E-state index contributed by atoms with van der Waals surface area (Å²) in [6, 6.07) is 2.23. The Labute approximate surface area is 144 Å². The van der Waals surface area contributed by atoms with Gasteiger partial charge in [0, 0.05) is 24.9 Å². The monoisotopic (exact) mass is 370 g/mol. The van der Waals surface area contributed by atoms with Gasteiger partial charge in [-0.25, -0.2) is 27.2 Å². The van der Waals surface area contributed by atoms with E-state index in [-0.39, 0.29) is 23.3 Å². The number of hydrogen-bond donors (Lipinski definition) is 1. The van der Waals surface area contributed by atoms with Crippen molar-refractivity contribution in [1.82, 2.24) is 24.5 Å². The predicted octanol–water partition coefficient (Wildman–Crippen LogP) is 2.99. The first kappa shape index (κ1) is 17.8. The van der Waals surface area contributed by atoms with Crippen molar-refractivity contribution in [3.8, 4) is 0 Å². The van der Waals surface area contributed by atoms with Crippen molar-refractivity contribution in [2.75, 3.05) is 5.32 Å². The van der Waals surface area contributed by atoms with Crippen LogP contribution in [-0.2, 0) is 18.4 Å². The van der Waals surface area contributed by atoms with Gasteiger partial charge >= 0.3 is 0 Å². The number of fused-ring (bicyclic) bond motifs is 1. The Kier molecular flexibility index (Phi) is 4.62. The molecule has 0 aliphatic carbocycles. The van der Waals surface area contributed by atoms with Gasteiger partial charge in [-0.1, -0.05) is 0 Å². The van der Waals surface area contributed by atoms with Crippen molar-refractivity contribution in [3.05, 3.63) is 35.3 Å². The lowest BCUT2D eigenvalue weighted by molar-refractivity contribution is -0.116. The number of rotatable bonds is 5. The molecule has 0 radical (unpaired) electrons. The van der Waals surface area contributed by atoms with E-state index in [2.05, 4.69) is 20.5 Å². The molecule has 7 nitrogen and oxygen atoms in total. The molecule has 0 atom stereocenters. The number of carbonyl (C=O) groups excluding carboxylic acids is 1. The fourth-order valence-corrected chi connectivity index (χ4v) is 2.60.